The number of nitrogens with one attached hydrogen (secondary N) is 2. The van der Waals surface area contributed by atoms with E-state index in [9.17, 15) is 0 Å². The van der Waals surface area contributed by atoms with Gasteiger partial charge in [-0.2, -0.15) is 0 Å². The van der Waals surface area contributed by atoms with Crippen molar-refractivity contribution < 1.29 is 2.91 Å². The summed E-state index contributed by atoms with van der Waals surface area (Å²) in [5.41, 5.74) is 6.52. The highest BCUT2D eigenvalue weighted by Gasteiger charge is 2.37. The van der Waals surface area contributed by atoms with Gasteiger partial charge < -0.3 is 0 Å². The van der Waals surface area contributed by atoms with Gasteiger partial charge in [0.25, 0.3) is 22.9 Å². The minimum Gasteiger partial charge on any atom is -0.143 e. The highest BCUT2D eigenvalue weighted by Crippen LogP contribution is 2.23. The molecule has 0 rings (SSSR count). The molecule has 3 nitrogen and oxygen atoms in total. The minimum atomic E-state index is 0.157. The number of nitrogens with zero attached hydrogens (tertiary/aromatic N) is 1. The summed E-state index contributed by atoms with van der Waals surface area (Å²) in [7, 11) is 3.88. The van der Waals surface area contributed by atoms with Gasteiger partial charge in [-0.25, -0.2) is 0 Å². The Bertz CT molecular complexity index is 104. The number of rotatable bonds is 2. The Hall–Kier alpha value is 0.610. The Kier molecular flexibility index (Phi) is 3.54. The fraction of sp³-hybridized carbons (Fsp3) is 1.00. The lowest BCUT2D eigenvalue weighted by atomic mass is 10.1. The van der Waals surface area contributed by atoms with Crippen LogP contribution >= 0.6 is 22.9 Å². The molecular weight excluding hydrogens is 241 g/mol. The minimum absolute atomic E-state index is 0.157. The SMILES string of the molecule is CN[N+](I)(NC)C(C)(C)C. The fourth-order valence-corrected chi connectivity index (χ4v) is 0.783. The molecule has 0 unspecified atom stereocenters. The molecule has 0 aromatic rings. The zero-order valence-electron chi connectivity index (χ0n) is 7.33. The molecule has 0 fully saturated rings. The van der Waals surface area contributed by atoms with E-state index < -0.39 is 0 Å². The van der Waals surface area contributed by atoms with Gasteiger partial charge in [0, 0.05) is 14.1 Å². The predicted octanol–water partition coefficient (Wildman–Crippen LogP) is 1.22. The Labute approximate surface area is 77.2 Å². The molecule has 0 aliphatic carbocycles. The molecular formula is C6H17IN3+. The molecule has 0 saturated heterocycles. The predicted molar refractivity (Wildman–Crippen MR) is 52.2 cm³/mol. The van der Waals surface area contributed by atoms with Crippen molar-refractivity contribution in [2.24, 2.45) is 0 Å². The standard InChI is InChI=1S/C6H17IN3/c1-6(2,3)10(7,8-4)9-5/h8-9H,1-5H3/q+1. The van der Waals surface area contributed by atoms with E-state index in [-0.39, 0.29) is 5.54 Å². The van der Waals surface area contributed by atoms with E-state index in [1.54, 1.807) is 0 Å². The second kappa shape index (κ2) is 3.34. The van der Waals surface area contributed by atoms with Crippen LogP contribution in [0.3, 0.4) is 0 Å². The fourth-order valence-electron chi connectivity index (χ4n) is 0.783. The molecule has 0 radical (unpaired) electrons. The summed E-state index contributed by atoms with van der Waals surface area (Å²) in [5, 5.41) is 0. The third-order valence-electron chi connectivity index (χ3n) is 1.54. The van der Waals surface area contributed by atoms with E-state index in [2.05, 4.69) is 54.5 Å². The molecule has 2 N–H and O–H groups in total. The summed E-state index contributed by atoms with van der Waals surface area (Å²) >= 11 is 2.32. The first-order chi connectivity index (χ1) is 4.37. The zero-order valence-corrected chi connectivity index (χ0v) is 9.48. The summed E-state index contributed by atoms with van der Waals surface area (Å²) in [6.07, 6.45) is 0. The van der Waals surface area contributed by atoms with E-state index in [0.717, 1.165) is 0 Å². The first-order valence-electron chi connectivity index (χ1n) is 3.34. The van der Waals surface area contributed by atoms with E-state index in [1.165, 1.54) is 0 Å². The van der Waals surface area contributed by atoms with Crippen molar-refractivity contribution in [1.82, 2.24) is 10.9 Å². The van der Waals surface area contributed by atoms with Crippen LogP contribution < -0.4 is 10.9 Å². The molecule has 0 spiro atoms. The van der Waals surface area contributed by atoms with Crippen molar-refractivity contribution in [3.63, 3.8) is 0 Å². The largest absolute Gasteiger partial charge is 0.296 e. The lowest BCUT2D eigenvalue weighted by Crippen LogP contribution is -2.65. The van der Waals surface area contributed by atoms with Gasteiger partial charge in [-0.15, -0.1) is 13.8 Å². The lowest BCUT2D eigenvalue weighted by molar-refractivity contribution is -0.889. The first kappa shape index (κ1) is 10.6. The summed E-state index contributed by atoms with van der Waals surface area (Å²) in [5.74, 6) is 0. The molecule has 0 aromatic carbocycles. The average Bonchev–Trinajstić information content (AvgIpc) is 1.84. The van der Waals surface area contributed by atoms with Crippen molar-refractivity contribution >= 4 is 22.9 Å². The van der Waals surface area contributed by atoms with Crippen LogP contribution in [0.1, 0.15) is 20.8 Å². The van der Waals surface area contributed by atoms with Gasteiger partial charge >= 0.3 is 0 Å². The topological polar surface area (TPSA) is 24.1 Å². The summed E-state index contributed by atoms with van der Waals surface area (Å²) in [6.45, 7) is 6.52. The van der Waals surface area contributed by atoms with Gasteiger partial charge in [0.15, 0.2) is 0 Å². The van der Waals surface area contributed by atoms with Gasteiger partial charge in [-0.1, -0.05) is 0 Å². The van der Waals surface area contributed by atoms with Crippen molar-refractivity contribution in [2.45, 2.75) is 26.3 Å². The molecule has 0 atom stereocenters. The number of quaternary nitrogens is 1. The molecule has 0 aliphatic rings. The Morgan fingerprint density at radius 3 is 1.40 bits per heavy atom. The van der Waals surface area contributed by atoms with E-state index in [0.29, 0.717) is 2.91 Å². The monoisotopic (exact) mass is 258 g/mol. The van der Waals surface area contributed by atoms with Crippen molar-refractivity contribution in [1.29, 1.82) is 0 Å². The highest BCUT2D eigenvalue weighted by atomic mass is 127. The summed E-state index contributed by atoms with van der Waals surface area (Å²) in [6, 6.07) is 0. The number of halogens is 1. The third-order valence-corrected chi connectivity index (χ3v) is 3.95. The third kappa shape index (κ3) is 2.05. The van der Waals surface area contributed by atoms with Crippen molar-refractivity contribution in [3.05, 3.63) is 0 Å². The van der Waals surface area contributed by atoms with Crippen LogP contribution in [0.15, 0.2) is 0 Å². The number of hydrogen-bond donors (Lipinski definition) is 2. The average molecular weight is 258 g/mol. The van der Waals surface area contributed by atoms with Crippen LogP contribution in [0.2, 0.25) is 0 Å². The molecule has 10 heavy (non-hydrogen) atoms. The smallest absolute Gasteiger partial charge is 0.143 e. The number of hydrogen-bond acceptors (Lipinski definition) is 2. The maximum atomic E-state index is 3.18. The summed E-state index contributed by atoms with van der Waals surface area (Å²) in [4.78, 5) is 0. The maximum Gasteiger partial charge on any atom is 0.296 e. The Morgan fingerprint density at radius 2 is 1.40 bits per heavy atom. The van der Waals surface area contributed by atoms with Crippen LogP contribution in [0.5, 0.6) is 0 Å². The second-order valence-corrected chi connectivity index (χ2v) is 4.65. The Balaban J connectivity index is 4.33. The quantitative estimate of drug-likeness (QED) is 0.442. The summed E-state index contributed by atoms with van der Waals surface area (Å²) < 4.78 is 0.630. The van der Waals surface area contributed by atoms with Crippen LogP contribution in [-0.2, 0) is 0 Å². The van der Waals surface area contributed by atoms with Gasteiger partial charge in [0.05, 0.1) is 0 Å². The van der Waals surface area contributed by atoms with Gasteiger partial charge in [-0.3, -0.25) is 0 Å². The molecule has 0 saturated carbocycles. The van der Waals surface area contributed by atoms with Crippen LogP contribution in [0.25, 0.3) is 0 Å². The zero-order chi connectivity index (χ0) is 8.41. The van der Waals surface area contributed by atoms with E-state index >= 15 is 0 Å². The first-order valence-corrected chi connectivity index (χ1v) is 4.30. The molecule has 0 aliphatic heterocycles. The van der Waals surface area contributed by atoms with Crippen LogP contribution in [0.4, 0.5) is 0 Å². The van der Waals surface area contributed by atoms with Gasteiger partial charge in [0.1, 0.15) is 5.54 Å². The maximum absolute atomic E-state index is 3.18. The molecule has 0 amide bonds. The molecule has 62 valence electrons. The van der Waals surface area contributed by atoms with Crippen molar-refractivity contribution in [3.8, 4) is 0 Å². The van der Waals surface area contributed by atoms with Gasteiger partial charge in [0.2, 0.25) is 0 Å². The molecule has 0 aromatic heterocycles. The van der Waals surface area contributed by atoms with E-state index in [4.69, 9.17) is 0 Å². The van der Waals surface area contributed by atoms with Crippen molar-refractivity contribution in [2.75, 3.05) is 14.1 Å². The second-order valence-electron chi connectivity index (χ2n) is 3.21. The molecule has 0 bridgehead atoms. The molecule has 0 heterocycles. The highest BCUT2D eigenvalue weighted by molar-refractivity contribution is 14.1. The molecule has 4 heteroatoms. The normalized spacial score (nSPS) is 13.8. The van der Waals surface area contributed by atoms with Crippen LogP contribution in [-0.4, -0.2) is 22.5 Å². The lowest BCUT2D eigenvalue weighted by Gasteiger charge is -2.38. The Morgan fingerprint density at radius 1 is 1.10 bits per heavy atom. The van der Waals surface area contributed by atoms with Crippen LogP contribution in [0, 0.1) is 0 Å². The van der Waals surface area contributed by atoms with Gasteiger partial charge in [-0.05, 0) is 20.8 Å². The van der Waals surface area contributed by atoms with E-state index in [1.807, 2.05) is 14.1 Å².